The molecule has 2 aromatic heterocycles. The van der Waals surface area contributed by atoms with Crippen LogP contribution < -0.4 is 0 Å². The van der Waals surface area contributed by atoms with Crippen LogP contribution in [-0.2, 0) is 6.54 Å². The van der Waals surface area contributed by atoms with E-state index < -0.39 is 11.8 Å². The Balaban J connectivity index is 1.90. The molecule has 2 amide bonds. The van der Waals surface area contributed by atoms with E-state index >= 15 is 0 Å². The summed E-state index contributed by atoms with van der Waals surface area (Å²) < 4.78 is 6.25. The third-order valence-electron chi connectivity index (χ3n) is 3.89. The summed E-state index contributed by atoms with van der Waals surface area (Å²) in [5.74, 6) is -1.40. The Kier molecular flexibility index (Phi) is 4.40. The molecule has 0 unspecified atom stereocenters. The summed E-state index contributed by atoms with van der Waals surface area (Å²) >= 11 is 0. The number of nitrogens with zero attached hydrogens (tertiary/aromatic N) is 3. The average Bonchev–Trinajstić information content (AvgIpc) is 3.16. The third kappa shape index (κ3) is 2.88. The average molecular weight is 353 g/mol. The predicted molar refractivity (Wildman–Crippen MR) is 92.4 cm³/mol. The van der Waals surface area contributed by atoms with Crippen LogP contribution in [0.4, 0.5) is 0 Å². The van der Waals surface area contributed by atoms with Crippen molar-refractivity contribution in [3.05, 3.63) is 60.1 Å². The van der Waals surface area contributed by atoms with Crippen LogP contribution in [-0.4, -0.2) is 26.6 Å². The highest BCUT2D eigenvalue weighted by Gasteiger charge is 2.17. The summed E-state index contributed by atoms with van der Waals surface area (Å²) in [5, 5.41) is 27.8. The Morgan fingerprint density at radius 2 is 1.85 bits per heavy atom. The van der Waals surface area contributed by atoms with Gasteiger partial charge in [-0.3, -0.25) is 14.2 Å². The summed E-state index contributed by atoms with van der Waals surface area (Å²) in [6.45, 7) is 5.36. The molecule has 8 nitrogen and oxygen atoms in total. The number of allylic oxidation sites excluding steroid dienone is 1. The molecule has 0 radical (unpaired) electrons. The summed E-state index contributed by atoms with van der Waals surface area (Å²) in [5.41, 5.74) is 0.338. The van der Waals surface area contributed by atoms with Crippen molar-refractivity contribution in [2.24, 2.45) is 10.2 Å². The lowest BCUT2D eigenvalue weighted by Crippen LogP contribution is -1.98. The Bertz CT molecular complexity index is 1060. The van der Waals surface area contributed by atoms with Gasteiger partial charge in [0.15, 0.2) is 0 Å². The van der Waals surface area contributed by atoms with Gasteiger partial charge in [0.25, 0.3) is 11.8 Å². The maximum Gasteiger partial charge on any atom is 0.299 e. The standard InChI is InChI=1S/C18H15N3O5/c1-3-7-21-17(24)13-5-4-11(9-14(13)18(21)25)15(22)19-20-16(23)12-6-8-26-10(12)2/h3-6,8-9,24-25H,1,7H2,2H3. The van der Waals surface area contributed by atoms with Crippen LogP contribution >= 0.6 is 0 Å². The van der Waals surface area contributed by atoms with Crippen molar-refractivity contribution in [3.8, 4) is 11.8 Å². The number of hydrogen-bond donors (Lipinski definition) is 2. The van der Waals surface area contributed by atoms with Crippen molar-refractivity contribution >= 4 is 22.6 Å². The molecule has 0 aliphatic rings. The molecule has 132 valence electrons. The number of hydrogen-bond acceptors (Lipinski definition) is 5. The van der Waals surface area contributed by atoms with Crippen molar-refractivity contribution in [2.45, 2.75) is 13.5 Å². The molecular weight excluding hydrogens is 338 g/mol. The fourth-order valence-electron chi connectivity index (χ4n) is 2.56. The van der Waals surface area contributed by atoms with Gasteiger partial charge in [-0.2, -0.15) is 0 Å². The highest BCUT2D eigenvalue weighted by Crippen LogP contribution is 2.36. The van der Waals surface area contributed by atoms with Gasteiger partial charge >= 0.3 is 0 Å². The lowest BCUT2D eigenvalue weighted by molar-refractivity contribution is 0.0946. The number of furan rings is 1. The van der Waals surface area contributed by atoms with Crippen molar-refractivity contribution in [3.63, 3.8) is 0 Å². The maximum atomic E-state index is 12.2. The minimum atomic E-state index is -0.753. The second-order valence-corrected chi connectivity index (χ2v) is 5.51. The number of benzene rings is 1. The molecule has 0 saturated carbocycles. The predicted octanol–water partition coefficient (Wildman–Crippen LogP) is 3.57. The molecule has 0 atom stereocenters. The molecule has 2 N–H and O–H groups in total. The topological polar surface area (TPSA) is 117 Å². The monoisotopic (exact) mass is 353 g/mol. The van der Waals surface area contributed by atoms with Crippen molar-refractivity contribution in [1.82, 2.24) is 4.57 Å². The van der Waals surface area contributed by atoms with Gasteiger partial charge in [0, 0.05) is 22.9 Å². The van der Waals surface area contributed by atoms with Crippen LogP contribution in [0.1, 0.15) is 26.5 Å². The van der Waals surface area contributed by atoms with Gasteiger partial charge in [-0.15, -0.1) is 16.8 Å². The van der Waals surface area contributed by atoms with Crippen molar-refractivity contribution in [2.75, 3.05) is 0 Å². The molecule has 0 spiro atoms. The van der Waals surface area contributed by atoms with E-state index in [1.54, 1.807) is 6.92 Å². The number of azo groups is 1. The highest BCUT2D eigenvalue weighted by atomic mass is 16.3. The Hall–Kier alpha value is -3.68. The summed E-state index contributed by atoms with van der Waals surface area (Å²) in [6.07, 6.45) is 2.86. The first-order valence-electron chi connectivity index (χ1n) is 7.63. The second-order valence-electron chi connectivity index (χ2n) is 5.51. The third-order valence-corrected chi connectivity index (χ3v) is 3.89. The Labute approximate surface area is 147 Å². The highest BCUT2D eigenvalue weighted by molar-refractivity contribution is 6.03. The molecule has 8 heteroatoms. The Morgan fingerprint density at radius 3 is 2.50 bits per heavy atom. The van der Waals surface area contributed by atoms with E-state index in [-0.39, 0.29) is 34.8 Å². The molecule has 26 heavy (non-hydrogen) atoms. The minimum absolute atomic E-state index is 0.115. The number of rotatable bonds is 4. The molecule has 0 fully saturated rings. The van der Waals surface area contributed by atoms with Crippen LogP contribution in [0.25, 0.3) is 10.8 Å². The number of aromatic nitrogens is 1. The van der Waals surface area contributed by atoms with E-state index in [4.69, 9.17) is 4.42 Å². The lowest BCUT2D eigenvalue weighted by Gasteiger charge is -2.01. The summed E-state index contributed by atoms with van der Waals surface area (Å²) in [7, 11) is 0. The first-order chi connectivity index (χ1) is 12.4. The summed E-state index contributed by atoms with van der Waals surface area (Å²) in [4.78, 5) is 24.1. The maximum absolute atomic E-state index is 12.2. The van der Waals surface area contributed by atoms with Crippen LogP contribution in [0.3, 0.4) is 0 Å². The summed E-state index contributed by atoms with van der Waals surface area (Å²) in [6, 6.07) is 5.72. The smallest absolute Gasteiger partial charge is 0.299 e. The molecule has 0 aliphatic carbocycles. The number of fused-ring (bicyclic) bond motifs is 1. The van der Waals surface area contributed by atoms with Crippen molar-refractivity contribution in [1.29, 1.82) is 0 Å². The number of aryl methyl sites for hydroxylation is 1. The second kappa shape index (κ2) is 6.67. The molecule has 0 saturated heterocycles. The van der Waals surface area contributed by atoms with E-state index in [1.807, 2.05) is 0 Å². The van der Waals surface area contributed by atoms with Crippen LogP contribution in [0.15, 0.2) is 57.8 Å². The molecule has 3 rings (SSSR count). The normalized spacial score (nSPS) is 11.3. The molecular formula is C18H15N3O5. The minimum Gasteiger partial charge on any atom is -0.494 e. The quantitative estimate of drug-likeness (QED) is 0.549. The lowest BCUT2D eigenvalue weighted by atomic mass is 10.1. The zero-order valence-corrected chi connectivity index (χ0v) is 13.8. The molecule has 0 bridgehead atoms. The molecule has 1 aromatic carbocycles. The van der Waals surface area contributed by atoms with E-state index in [2.05, 4.69) is 16.8 Å². The number of aromatic hydroxyl groups is 2. The first kappa shape index (κ1) is 17.2. The molecule has 3 aromatic rings. The molecule has 0 aliphatic heterocycles. The van der Waals surface area contributed by atoms with Crippen LogP contribution in [0, 0.1) is 6.92 Å². The van der Waals surface area contributed by atoms with Gasteiger partial charge in [0.05, 0.1) is 11.8 Å². The zero-order valence-electron chi connectivity index (χ0n) is 13.8. The van der Waals surface area contributed by atoms with E-state index in [1.165, 1.54) is 41.2 Å². The van der Waals surface area contributed by atoms with E-state index in [0.29, 0.717) is 11.1 Å². The molecule has 2 heterocycles. The van der Waals surface area contributed by atoms with E-state index in [0.717, 1.165) is 0 Å². The van der Waals surface area contributed by atoms with Crippen LogP contribution in [0.2, 0.25) is 0 Å². The largest absolute Gasteiger partial charge is 0.494 e. The number of amides is 2. The Morgan fingerprint density at radius 1 is 1.15 bits per heavy atom. The fourth-order valence-corrected chi connectivity index (χ4v) is 2.56. The number of carbonyl (C=O) groups excluding carboxylic acids is 2. The fraction of sp³-hybridized carbons (Fsp3) is 0.111. The van der Waals surface area contributed by atoms with Crippen LogP contribution in [0.5, 0.6) is 11.8 Å². The van der Waals surface area contributed by atoms with Gasteiger partial charge in [-0.05, 0) is 31.2 Å². The van der Waals surface area contributed by atoms with Gasteiger partial charge in [-0.1, -0.05) is 6.08 Å². The SMILES string of the molecule is C=CCn1c(O)c2ccc(C(=O)N=NC(=O)c3ccoc3C)cc2c1O. The number of carbonyl (C=O) groups is 2. The van der Waals surface area contributed by atoms with Gasteiger partial charge in [0.1, 0.15) is 5.76 Å². The zero-order chi connectivity index (χ0) is 18.8. The van der Waals surface area contributed by atoms with E-state index in [9.17, 15) is 19.8 Å². The van der Waals surface area contributed by atoms with Gasteiger partial charge < -0.3 is 14.6 Å². The first-order valence-corrected chi connectivity index (χ1v) is 7.63. The van der Waals surface area contributed by atoms with Gasteiger partial charge in [0.2, 0.25) is 11.8 Å². The van der Waals surface area contributed by atoms with Gasteiger partial charge in [-0.25, -0.2) is 0 Å². The van der Waals surface area contributed by atoms with Crippen molar-refractivity contribution < 1.29 is 24.2 Å².